The van der Waals surface area contributed by atoms with E-state index in [1.54, 1.807) is 0 Å². The molecule has 0 aliphatic carbocycles. The van der Waals surface area contributed by atoms with Gasteiger partial charge >= 0.3 is 0 Å². The average Bonchev–Trinajstić information content (AvgIpc) is 3.21. The Morgan fingerprint density at radius 2 is 2.00 bits per heavy atom. The van der Waals surface area contributed by atoms with E-state index in [0.29, 0.717) is 62.9 Å². The molecule has 0 amide bonds. The minimum absolute atomic E-state index is 0.0581. The Labute approximate surface area is 203 Å². The molecule has 10 heteroatoms. The summed E-state index contributed by atoms with van der Waals surface area (Å²) in [7, 11) is 0. The van der Waals surface area contributed by atoms with Crippen LogP contribution in [0.5, 0.6) is 23.0 Å². The third-order valence-corrected chi connectivity index (χ3v) is 5.74. The number of nitrogens with zero attached hydrogens (tertiary/aromatic N) is 2. The summed E-state index contributed by atoms with van der Waals surface area (Å²) in [5, 5.41) is 4.50. The number of fused-ring (bicyclic) bond motifs is 2. The largest absolute Gasteiger partial charge is 0.493 e. The molecule has 164 valence electrons. The van der Waals surface area contributed by atoms with Crippen LogP contribution >= 0.6 is 45.8 Å². The first kappa shape index (κ1) is 22.3. The van der Waals surface area contributed by atoms with Gasteiger partial charge in [-0.1, -0.05) is 11.6 Å². The summed E-state index contributed by atoms with van der Waals surface area (Å²) in [5.74, 6) is 3.53. The molecule has 7 nitrogen and oxygen atoms in total. The zero-order valence-corrected chi connectivity index (χ0v) is 20.5. The molecule has 1 aromatic heterocycles. The highest BCUT2D eigenvalue weighted by Crippen LogP contribution is 2.48. The molecular weight excluding hydrogens is 556 g/mol. The zero-order chi connectivity index (χ0) is 22.0. The number of anilines is 2. The van der Waals surface area contributed by atoms with E-state index >= 15 is 0 Å². The normalized spacial score (nSPS) is 12.5. The zero-order valence-electron chi connectivity index (χ0n) is 16.9. The molecule has 0 saturated heterocycles. The van der Waals surface area contributed by atoms with Crippen molar-refractivity contribution < 1.29 is 18.9 Å². The van der Waals surface area contributed by atoms with Crippen molar-refractivity contribution in [1.29, 1.82) is 0 Å². The second-order valence-electron chi connectivity index (χ2n) is 7.00. The third kappa shape index (κ3) is 4.80. The molecule has 0 bridgehead atoms. The third-order valence-electron chi connectivity index (χ3n) is 4.38. The predicted molar refractivity (Wildman–Crippen MR) is 130 cm³/mol. The Hall–Kier alpha value is -1.91. The molecule has 0 atom stereocenters. The van der Waals surface area contributed by atoms with Crippen molar-refractivity contribution in [2.24, 2.45) is 0 Å². The van der Waals surface area contributed by atoms with Crippen molar-refractivity contribution in [2.45, 2.75) is 26.4 Å². The summed E-state index contributed by atoms with van der Waals surface area (Å²) >= 11 is 14.4. The predicted octanol–water partition coefficient (Wildman–Crippen LogP) is 6.16. The van der Waals surface area contributed by atoms with E-state index < -0.39 is 0 Å². The number of hydrogen-bond acceptors (Lipinski definition) is 7. The van der Waals surface area contributed by atoms with Crippen molar-refractivity contribution in [3.05, 3.63) is 33.1 Å². The van der Waals surface area contributed by atoms with Crippen LogP contribution in [0.4, 0.5) is 11.5 Å². The van der Waals surface area contributed by atoms with Crippen molar-refractivity contribution in [3.8, 4) is 23.0 Å². The number of nitrogens with one attached hydrogen (secondary N) is 1. The number of benzene rings is 2. The highest BCUT2D eigenvalue weighted by atomic mass is 127. The second kappa shape index (κ2) is 9.70. The van der Waals surface area contributed by atoms with Gasteiger partial charge in [0.2, 0.25) is 6.79 Å². The lowest BCUT2D eigenvalue weighted by molar-refractivity contribution is 0.174. The standard InChI is InChI=1S/C21H20Cl2IN3O4/c1-11(2)31-16-7-12(28-5-3-4-22)6-15-17(16)21(26-9-25-15)27-18-13(23)8-14(24)19-20(18)30-10-29-19/h6-9,11H,3-5,10H2,1-2H3,(H,25,26,27). The van der Waals surface area contributed by atoms with Crippen molar-refractivity contribution in [1.82, 2.24) is 9.97 Å². The van der Waals surface area contributed by atoms with Gasteiger partial charge in [0.15, 0.2) is 11.5 Å². The topological polar surface area (TPSA) is 74.7 Å². The molecule has 1 aliphatic rings. The van der Waals surface area contributed by atoms with E-state index in [0.717, 1.165) is 9.99 Å². The molecule has 0 spiro atoms. The molecular formula is C21H20Cl2IN3O4. The Balaban J connectivity index is 1.79. The van der Waals surface area contributed by atoms with Crippen LogP contribution in [0.1, 0.15) is 20.3 Å². The molecule has 1 N–H and O–H groups in total. The lowest BCUT2D eigenvalue weighted by Crippen LogP contribution is -2.08. The van der Waals surface area contributed by atoms with Crippen LogP contribution in [0.2, 0.25) is 5.02 Å². The van der Waals surface area contributed by atoms with E-state index in [4.69, 9.17) is 42.1 Å². The molecule has 2 aromatic carbocycles. The minimum Gasteiger partial charge on any atom is -0.493 e. The fourth-order valence-corrected chi connectivity index (χ4v) is 4.38. The van der Waals surface area contributed by atoms with E-state index in [1.807, 2.05) is 32.0 Å². The van der Waals surface area contributed by atoms with Crippen LogP contribution in [0.25, 0.3) is 10.9 Å². The van der Waals surface area contributed by atoms with Crippen LogP contribution in [-0.2, 0) is 0 Å². The molecule has 3 aromatic rings. The van der Waals surface area contributed by atoms with E-state index in [9.17, 15) is 0 Å². The Morgan fingerprint density at radius 1 is 1.19 bits per heavy atom. The maximum Gasteiger partial charge on any atom is 0.231 e. The number of aromatic nitrogens is 2. The van der Waals surface area contributed by atoms with Crippen molar-refractivity contribution >= 4 is 68.2 Å². The average molecular weight is 576 g/mol. The molecule has 4 rings (SSSR count). The quantitative estimate of drug-likeness (QED) is 0.196. The smallest absolute Gasteiger partial charge is 0.231 e. The van der Waals surface area contributed by atoms with Gasteiger partial charge in [-0.05, 0) is 48.9 Å². The van der Waals surface area contributed by atoms with Crippen LogP contribution in [-0.4, -0.2) is 35.4 Å². The second-order valence-corrected chi connectivity index (χ2v) is 8.95. The highest BCUT2D eigenvalue weighted by Gasteiger charge is 2.25. The van der Waals surface area contributed by atoms with Crippen LogP contribution < -0.4 is 24.3 Å². The minimum atomic E-state index is -0.0581. The maximum atomic E-state index is 6.53. The SMILES string of the molecule is CC(C)Oc1cc(OCCCCl)cc2ncnc(Nc3c(Cl)cc(I)c4c3OCO4)c12. The number of alkyl halides is 1. The molecule has 2 heterocycles. The summed E-state index contributed by atoms with van der Waals surface area (Å²) in [4.78, 5) is 8.87. The summed E-state index contributed by atoms with van der Waals surface area (Å²) < 4.78 is 24.0. The lowest BCUT2D eigenvalue weighted by atomic mass is 10.2. The van der Waals surface area contributed by atoms with Crippen LogP contribution in [0.3, 0.4) is 0 Å². The fourth-order valence-electron chi connectivity index (χ4n) is 3.13. The number of hydrogen-bond donors (Lipinski definition) is 1. The summed E-state index contributed by atoms with van der Waals surface area (Å²) in [6, 6.07) is 5.50. The lowest BCUT2D eigenvalue weighted by Gasteiger charge is -2.18. The molecule has 1 aliphatic heterocycles. The van der Waals surface area contributed by atoms with Gasteiger partial charge < -0.3 is 24.3 Å². The van der Waals surface area contributed by atoms with Gasteiger partial charge in [-0.25, -0.2) is 9.97 Å². The highest BCUT2D eigenvalue weighted by molar-refractivity contribution is 14.1. The number of halogens is 3. The van der Waals surface area contributed by atoms with Gasteiger partial charge in [0.05, 0.1) is 32.2 Å². The van der Waals surface area contributed by atoms with Gasteiger partial charge in [-0.3, -0.25) is 0 Å². The first-order chi connectivity index (χ1) is 15.0. The fraction of sp³-hybridized carbons (Fsp3) is 0.333. The summed E-state index contributed by atoms with van der Waals surface area (Å²) in [6.45, 7) is 4.55. The van der Waals surface area contributed by atoms with E-state index in [2.05, 4.69) is 37.9 Å². The Bertz CT molecular complexity index is 1110. The van der Waals surface area contributed by atoms with Gasteiger partial charge in [0.1, 0.15) is 29.3 Å². The molecule has 0 saturated carbocycles. The monoisotopic (exact) mass is 575 g/mol. The van der Waals surface area contributed by atoms with Gasteiger partial charge in [-0.15, -0.1) is 11.6 Å². The van der Waals surface area contributed by atoms with E-state index in [-0.39, 0.29) is 12.9 Å². The molecule has 0 radical (unpaired) electrons. The van der Waals surface area contributed by atoms with Crippen molar-refractivity contribution in [2.75, 3.05) is 24.6 Å². The van der Waals surface area contributed by atoms with Crippen molar-refractivity contribution in [3.63, 3.8) is 0 Å². The molecule has 0 fully saturated rings. The van der Waals surface area contributed by atoms with Crippen LogP contribution in [0, 0.1) is 3.57 Å². The number of ether oxygens (including phenoxy) is 4. The first-order valence-electron chi connectivity index (χ1n) is 9.66. The van der Waals surface area contributed by atoms with Gasteiger partial charge in [0.25, 0.3) is 0 Å². The summed E-state index contributed by atoms with van der Waals surface area (Å²) in [6.07, 6.45) is 2.16. The van der Waals surface area contributed by atoms with E-state index in [1.165, 1.54) is 6.33 Å². The Morgan fingerprint density at radius 3 is 2.77 bits per heavy atom. The van der Waals surface area contributed by atoms with Crippen LogP contribution in [0.15, 0.2) is 24.5 Å². The van der Waals surface area contributed by atoms with Gasteiger partial charge in [-0.2, -0.15) is 0 Å². The Kier molecular flexibility index (Phi) is 6.98. The van der Waals surface area contributed by atoms with Gasteiger partial charge in [0, 0.05) is 18.0 Å². The summed E-state index contributed by atoms with van der Waals surface area (Å²) in [5.41, 5.74) is 1.25. The first-order valence-corrected chi connectivity index (χ1v) is 11.7. The maximum absolute atomic E-state index is 6.53. The number of rotatable bonds is 8. The molecule has 0 unspecified atom stereocenters. The molecule has 31 heavy (non-hydrogen) atoms.